The Morgan fingerprint density at radius 3 is 3.05 bits per heavy atom. The number of carbonyl (C=O) groups excluding carboxylic acids is 1. The van der Waals surface area contributed by atoms with Crippen molar-refractivity contribution in [3.05, 3.63) is 35.3 Å². The lowest BCUT2D eigenvalue weighted by Gasteiger charge is -2.22. The second-order valence-corrected chi connectivity index (χ2v) is 6.52. The quantitative estimate of drug-likeness (QED) is 0.942. The summed E-state index contributed by atoms with van der Waals surface area (Å²) >= 11 is 0. The monoisotopic (exact) mass is 285 g/mol. The van der Waals surface area contributed by atoms with Crippen LogP contribution in [-0.4, -0.2) is 21.8 Å². The fourth-order valence-corrected chi connectivity index (χ4v) is 2.98. The number of imidazole rings is 1. The topological polar surface area (TPSA) is 46.4 Å². The van der Waals surface area contributed by atoms with Gasteiger partial charge in [0.1, 0.15) is 5.65 Å². The molecule has 2 heterocycles. The van der Waals surface area contributed by atoms with E-state index in [2.05, 4.69) is 48.8 Å². The van der Waals surface area contributed by atoms with Crippen LogP contribution in [0, 0.1) is 18.8 Å². The summed E-state index contributed by atoms with van der Waals surface area (Å²) < 4.78 is 2.16. The molecule has 4 heteroatoms. The number of hydrogen-bond acceptors (Lipinski definition) is 2. The molecule has 3 rings (SSSR count). The first-order chi connectivity index (χ1) is 10.0. The van der Waals surface area contributed by atoms with E-state index in [4.69, 9.17) is 4.98 Å². The van der Waals surface area contributed by atoms with Crippen molar-refractivity contribution in [1.82, 2.24) is 14.7 Å². The summed E-state index contributed by atoms with van der Waals surface area (Å²) in [6.45, 7) is 7.08. The van der Waals surface area contributed by atoms with Crippen molar-refractivity contribution in [2.45, 2.75) is 40.0 Å². The Morgan fingerprint density at radius 2 is 2.29 bits per heavy atom. The second-order valence-electron chi connectivity index (χ2n) is 6.52. The Kier molecular flexibility index (Phi) is 3.70. The van der Waals surface area contributed by atoms with Crippen LogP contribution in [0.15, 0.2) is 18.3 Å². The Balaban J connectivity index is 1.82. The van der Waals surface area contributed by atoms with Crippen LogP contribution < -0.4 is 5.32 Å². The highest BCUT2D eigenvalue weighted by atomic mass is 16.1. The Morgan fingerprint density at radius 1 is 1.48 bits per heavy atom. The molecule has 0 spiro atoms. The van der Waals surface area contributed by atoms with Gasteiger partial charge in [-0.1, -0.05) is 19.9 Å². The number of nitrogens with one attached hydrogen (secondary N) is 1. The van der Waals surface area contributed by atoms with Gasteiger partial charge in [0.05, 0.1) is 5.69 Å². The van der Waals surface area contributed by atoms with Gasteiger partial charge < -0.3 is 9.72 Å². The molecule has 21 heavy (non-hydrogen) atoms. The van der Waals surface area contributed by atoms with Crippen molar-refractivity contribution in [2.24, 2.45) is 11.8 Å². The number of aryl methyl sites for hydroxylation is 2. The highest BCUT2D eigenvalue weighted by Crippen LogP contribution is 2.26. The van der Waals surface area contributed by atoms with Gasteiger partial charge in [-0.2, -0.15) is 0 Å². The van der Waals surface area contributed by atoms with Crippen molar-refractivity contribution >= 4 is 11.6 Å². The van der Waals surface area contributed by atoms with E-state index in [1.165, 1.54) is 11.3 Å². The van der Waals surface area contributed by atoms with Crippen LogP contribution in [0.3, 0.4) is 0 Å². The summed E-state index contributed by atoms with van der Waals surface area (Å²) in [6.07, 6.45) is 4.72. The zero-order chi connectivity index (χ0) is 15.0. The first-order valence-corrected chi connectivity index (χ1v) is 7.78. The van der Waals surface area contributed by atoms with Crippen molar-refractivity contribution in [1.29, 1.82) is 0 Å². The number of nitrogens with zero attached hydrogens (tertiary/aromatic N) is 2. The van der Waals surface area contributed by atoms with Crippen LogP contribution in [0.4, 0.5) is 0 Å². The van der Waals surface area contributed by atoms with Gasteiger partial charge in [-0.3, -0.25) is 4.79 Å². The average Bonchev–Trinajstić information content (AvgIpc) is 2.81. The number of amides is 1. The van der Waals surface area contributed by atoms with Crippen LogP contribution in [0.1, 0.15) is 37.2 Å². The Hall–Kier alpha value is -1.84. The average molecular weight is 285 g/mol. The molecule has 0 fully saturated rings. The SMILES string of the molecule is Cc1ccc2nc3c(n2c1)CC(C(=O)NCC(C)C)CC3. The molecule has 2 aromatic rings. The molecule has 0 aliphatic heterocycles. The summed E-state index contributed by atoms with van der Waals surface area (Å²) in [7, 11) is 0. The fourth-order valence-electron chi connectivity index (χ4n) is 2.98. The van der Waals surface area contributed by atoms with Crippen LogP contribution in [0.5, 0.6) is 0 Å². The van der Waals surface area contributed by atoms with E-state index < -0.39 is 0 Å². The van der Waals surface area contributed by atoms with E-state index in [9.17, 15) is 4.79 Å². The van der Waals surface area contributed by atoms with E-state index in [1.54, 1.807) is 0 Å². The standard InChI is InChI=1S/C17H23N3O/c1-11(2)9-18-17(21)13-5-6-14-15(8-13)20-10-12(3)4-7-16(20)19-14/h4,7,10-11,13H,5-6,8-9H2,1-3H3,(H,18,21). The van der Waals surface area contributed by atoms with Gasteiger partial charge in [0.25, 0.3) is 0 Å². The number of carbonyl (C=O) groups is 1. The third kappa shape index (κ3) is 2.80. The number of rotatable bonds is 3. The summed E-state index contributed by atoms with van der Waals surface area (Å²) in [4.78, 5) is 17.0. The number of hydrogen-bond donors (Lipinski definition) is 1. The van der Waals surface area contributed by atoms with Crippen molar-refractivity contribution in [3.8, 4) is 0 Å². The predicted octanol–water partition coefficient (Wildman–Crippen LogP) is 2.52. The fraction of sp³-hybridized carbons (Fsp3) is 0.529. The molecule has 112 valence electrons. The Labute approximate surface area is 125 Å². The number of pyridine rings is 1. The molecule has 0 radical (unpaired) electrons. The molecule has 1 amide bonds. The molecule has 1 N–H and O–H groups in total. The zero-order valence-electron chi connectivity index (χ0n) is 13.0. The summed E-state index contributed by atoms with van der Waals surface area (Å²) in [5, 5.41) is 3.07. The minimum Gasteiger partial charge on any atom is -0.356 e. The van der Waals surface area contributed by atoms with E-state index in [-0.39, 0.29) is 11.8 Å². The zero-order valence-corrected chi connectivity index (χ0v) is 13.0. The first-order valence-electron chi connectivity index (χ1n) is 7.78. The van der Waals surface area contributed by atoms with E-state index in [1.807, 2.05) is 0 Å². The van der Waals surface area contributed by atoms with E-state index in [0.717, 1.165) is 37.1 Å². The maximum atomic E-state index is 12.3. The highest BCUT2D eigenvalue weighted by molar-refractivity contribution is 5.79. The number of aromatic nitrogens is 2. The maximum Gasteiger partial charge on any atom is 0.223 e. The third-order valence-electron chi connectivity index (χ3n) is 4.17. The van der Waals surface area contributed by atoms with Gasteiger partial charge in [-0.05, 0) is 37.3 Å². The van der Waals surface area contributed by atoms with Crippen LogP contribution in [0.25, 0.3) is 5.65 Å². The molecule has 4 nitrogen and oxygen atoms in total. The molecule has 1 aliphatic carbocycles. The Bertz CT molecular complexity index is 672. The summed E-state index contributed by atoms with van der Waals surface area (Å²) in [6, 6.07) is 4.14. The molecule has 2 aromatic heterocycles. The van der Waals surface area contributed by atoms with E-state index >= 15 is 0 Å². The van der Waals surface area contributed by atoms with Gasteiger partial charge in [-0.15, -0.1) is 0 Å². The van der Waals surface area contributed by atoms with Gasteiger partial charge in [-0.25, -0.2) is 4.98 Å². The minimum absolute atomic E-state index is 0.0802. The lowest BCUT2D eigenvalue weighted by atomic mass is 9.89. The van der Waals surface area contributed by atoms with Gasteiger partial charge in [0.15, 0.2) is 0 Å². The third-order valence-corrected chi connectivity index (χ3v) is 4.17. The second kappa shape index (κ2) is 5.51. The molecule has 0 saturated heterocycles. The molecular weight excluding hydrogens is 262 g/mol. The lowest BCUT2D eigenvalue weighted by Crippen LogP contribution is -2.36. The summed E-state index contributed by atoms with van der Waals surface area (Å²) in [5.41, 5.74) is 4.58. The minimum atomic E-state index is 0.0802. The maximum absolute atomic E-state index is 12.3. The molecule has 0 bridgehead atoms. The molecule has 1 atom stereocenters. The van der Waals surface area contributed by atoms with Crippen LogP contribution in [-0.2, 0) is 17.6 Å². The van der Waals surface area contributed by atoms with Gasteiger partial charge in [0.2, 0.25) is 5.91 Å². The van der Waals surface area contributed by atoms with Gasteiger partial charge in [0, 0.05) is 30.8 Å². The predicted molar refractivity (Wildman–Crippen MR) is 83.3 cm³/mol. The smallest absolute Gasteiger partial charge is 0.223 e. The van der Waals surface area contributed by atoms with E-state index in [0.29, 0.717) is 5.92 Å². The van der Waals surface area contributed by atoms with Crippen molar-refractivity contribution < 1.29 is 4.79 Å². The van der Waals surface area contributed by atoms with Crippen molar-refractivity contribution in [3.63, 3.8) is 0 Å². The van der Waals surface area contributed by atoms with Crippen LogP contribution in [0.2, 0.25) is 0 Å². The van der Waals surface area contributed by atoms with Crippen LogP contribution >= 0.6 is 0 Å². The largest absolute Gasteiger partial charge is 0.356 e. The molecule has 0 aromatic carbocycles. The highest BCUT2D eigenvalue weighted by Gasteiger charge is 2.27. The van der Waals surface area contributed by atoms with Crippen molar-refractivity contribution in [2.75, 3.05) is 6.54 Å². The summed E-state index contributed by atoms with van der Waals surface area (Å²) in [5.74, 6) is 0.764. The first kappa shape index (κ1) is 14.1. The molecule has 0 saturated carbocycles. The lowest BCUT2D eigenvalue weighted by molar-refractivity contribution is -0.125. The number of fused-ring (bicyclic) bond motifs is 3. The normalized spacial score (nSPS) is 18.0. The molecule has 1 unspecified atom stereocenters. The molecule has 1 aliphatic rings. The molecular formula is C17H23N3O. The van der Waals surface area contributed by atoms with Gasteiger partial charge >= 0.3 is 0 Å².